The molecule has 0 amide bonds. The van der Waals surface area contributed by atoms with Crippen LogP contribution < -0.4 is 0 Å². The summed E-state index contributed by atoms with van der Waals surface area (Å²) >= 11 is 0. The maximum Gasteiger partial charge on any atom is 0.334 e. The van der Waals surface area contributed by atoms with Crippen molar-refractivity contribution in [3.8, 4) is 0 Å². The van der Waals surface area contributed by atoms with Gasteiger partial charge in [0.25, 0.3) is 0 Å². The molecule has 0 unspecified atom stereocenters. The van der Waals surface area contributed by atoms with Crippen molar-refractivity contribution in [3.05, 3.63) is 22.3 Å². The molecule has 2 atom stereocenters. The van der Waals surface area contributed by atoms with E-state index in [4.69, 9.17) is 4.74 Å². The van der Waals surface area contributed by atoms with E-state index in [1.165, 1.54) is 24.8 Å². The molecule has 0 saturated heterocycles. The quantitative estimate of drug-likeness (QED) is 0.632. The summed E-state index contributed by atoms with van der Waals surface area (Å²) < 4.78 is 5.11. The normalized spacial score (nSPS) is 36.2. The molecule has 4 aliphatic rings. The topological polar surface area (TPSA) is 43.4 Å². The van der Waals surface area contributed by atoms with Gasteiger partial charge in [-0.3, -0.25) is 4.79 Å². The minimum absolute atomic E-state index is 0.112. The average Bonchev–Trinajstić information content (AvgIpc) is 2.77. The first-order valence-electron chi connectivity index (χ1n) is 9.01. The molecule has 0 aromatic carbocycles. The van der Waals surface area contributed by atoms with Gasteiger partial charge < -0.3 is 4.74 Å². The number of esters is 1. The Labute approximate surface area is 138 Å². The molecule has 0 bridgehead atoms. The highest BCUT2D eigenvalue weighted by Gasteiger charge is 2.52. The number of allylic oxidation sites excluding steroid dienone is 2. The molecule has 1 fully saturated rings. The lowest BCUT2D eigenvalue weighted by molar-refractivity contribution is -0.136. The Morgan fingerprint density at radius 3 is 2.52 bits per heavy atom. The van der Waals surface area contributed by atoms with Crippen LogP contribution in [0.2, 0.25) is 0 Å². The minimum Gasteiger partial charge on any atom is -0.457 e. The van der Waals surface area contributed by atoms with Crippen LogP contribution in [0.25, 0.3) is 0 Å². The predicted octanol–water partition coefficient (Wildman–Crippen LogP) is 4.13. The SMILES string of the molecule is CC1(C)CCC[C@]2(C)C3=C(CC[C@@H]12)C(=O)C1=C(CC3)C(=O)OC1. The molecular weight excluding hydrogens is 288 g/mol. The third-order valence-electron chi connectivity index (χ3n) is 7.10. The second-order valence-electron chi connectivity index (χ2n) is 8.67. The van der Waals surface area contributed by atoms with Gasteiger partial charge in [-0.25, -0.2) is 4.79 Å². The van der Waals surface area contributed by atoms with E-state index in [0.29, 0.717) is 28.9 Å². The van der Waals surface area contributed by atoms with Crippen LogP contribution >= 0.6 is 0 Å². The van der Waals surface area contributed by atoms with Gasteiger partial charge in [0.2, 0.25) is 0 Å². The van der Waals surface area contributed by atoms with Crippen LogP contribution in [0.4, 0.5) is 0 Å². The maximum atomic E-state index is 13.0. The monoisotopic (exact) mass is 314 g/mol. The molecule has 0 spiro atoms. The van der Waals surface area contributed by atoms with E-state index in [9.17, 15) is 9.59 Å². The predicted molar refractivity (Wildman–Crippen MR) is 87.7 cm³/mol. The molecule has 23 heavy (non-hydrogen) atoms. The smallest absolute Gasteiger partial charge is 0.334 e. The van der Waals surface area contributed by atoms with Crippen molar-refractivity contribution in [1.82, 2.24) is 0 Å². The van der Waals surface area contributed by atoms with E-state index in [0.717, 1.165) is 24.8 Å². The van der Waals surface area contributed by atoms with E-state index in [1.807, 2.05) is 0 Å². The Morgan fingerprint density at radius 2 is 1.74 bits per heavy atom. The number of carbonyl (C=O) groups excluding carboxylic acids is 2. The number of fused-ring (bicyclic) bond motifs is 2. The lowest BCUT2D eigenvalue weighted by Crippen LogP contribution is -2.46. The zero-order chi connectivity index (χ0) is 16.4. The summed E-state index contributed by atoms with van der Waals surface area (Å²) in [5.74, 6) is 0.496. The van der Waals surface area contributed by atoms with Gasteiger partial charge in [-0.1, -0.05) is 32.8 Å². The Kier molecular flexibility index (Phi) is 3.17. The fourth-order valence-corrected chi connectivity index (χ4v) is 5.99. The first-order chi connectivity index (χ1) is 10.8. The molecule has 3 heteroatoms. The summed E-state index contributed by atoms with van der Waals surface area (Å²) in [6.45, 7) is 7.37. The summed E-state index contributed by atoms with van der Waals surface area (Å²) in [5.41, 5.74) is 4.17. The van der Waals surface area contributed by atoms with Gasteiger partial charge >= 0.3 is 5.97 Å². The summed E-state index contributed by atoms with van der Waals surface area (Å²) in [7, 11) is 0. The number of cyclic esters (lactones) is 1. The van der Waals surface area contributed by atoms with Crippen LogP contribution in [0.15, 0.2) is 22.3 Å². The van der Waals surface area contributed by atoms with Crippen LogP contribution in [0, 0.1) is 16.7 Å². The first-order valence-corrected chi connectivity index (χ1v) is 9.01. The number of ketones is 1. The van der Waals surface area contributed by atoms with Crippen molar-refractivity contribution in [2.24, 2.45) is 16.7 Å². The number of hydrogen-bond acceptors (Lipinski definition) is 3. The molecule has 0 N–H and O–H groups in total. The molecule has 1 saturated carbocycles. The molecule has 3 aliphatic carbocycles. The van der Waals surface area contributed by atoms with Crippen molar-refractivity contribution in [3.63, 3.8) is 0 Å². The number of rotatable bonds is 0. The highest BCUT2D eigenvalue weighted by atomic mass is 16.5. The number of ether oxygens (including phenoxy) is 1. The van der Waals surface area contributed by atoms with E-state index in [-0.39, 0.29) is 23.8 Å². The molecule has 0 aromatic heterocycles. The van der Waals surface area contributed by atoms with E-state index < -0.39 is 0 Å². The van der Waals surface area contributed by atoms with Crippen LogP contribution in [0.3, 0.4) is 0 Å². The van der Waals surface area contributed by atoms with Crippen molar-refractivity contribution in [2.75, 3.05) is 6.61 Å². The average molecular weight is 314 g/mol. The number of carbonyl (C=O) groups is 2. The third-order valence-corrected chi connectivity index (χ3v) is 7.10. The Balaban J connectivity index is 1.79. The molecule has 0 aromatic rings. The van der Waals surface area contributed by atoms with Gasteiger partial charge in [0, 0.05) is 11.1 Å². The molecule has 124 valence electrons. The highest BCUT2D eigenvalue weighted by Crippen LogP contribution is 2.61. The minimum atomic E-state index is -0.265. The molecule has 1 heterocycles. The van der Waals surface area contributed by atoms with Gasteiger partial charge in [-0.15, -0.1) is 0 Å². The van der Waals surface area contributed by atoms with Crippen molar-refractivity contribution in [2.45, 2.75) is 65.7 Å². The molecule has 0 radical (unpaired) electrons. The van der Waals surface area contributed by atoms with E-state index >= 15 is 0 Å². The Morgan fingerprint density at radius 1 is 0.957 bits per heavy atom. The Bertz CT molecular complexity index is 664. The van der Waals surface area contributed by atoms with Crippen LogP contribution in [-0.4, -0.2) is 18.4 Å². The number of hydrogen-bond donors (Lipinski definition) is 0. The lowest BCUT2D eigenvalue weighted by atomic mass is 9.49. The summed E-state index contributed by atoms with van der Waals surface area (Å²) in [4.78, 5) is 25.0. The molecule has 1 aliphatic heterocycles. The molecular formula is C20H26O3. The van der Waals surface area contributed by atoms with E-state index in [2.05, 4.69) is 20.8 Å². The fraction of sp³-hybridized carbons (Fsp3) is 0.700. The summed E-state index contributed by atoms with van der Waals surface area (Å²) in [5, 5.41) is 0. The van der Waals surface area contributed by atoms with Crippen LogP contribution in [0.5, 0.6) is 0 Å². The van der Waals surface area contributed by atoms with Crippen molar-refractivity contribution in [1.29, 1.82) is 0 Å². The lowest BCUT2D eigenvalue weighted by Gasteiger charge is -2.55. The van der Waals surface area contributed by atoms with Gasteiger partial charge in [-0.05, 0) is 60.8 Å². The van der Waals surface area contributed by atoms with E-state index in [1.54, 1.807) is 0 Å². The largest absolute Gasteiger partial charge is 0.457 e. The summed E-state index contributed by atoms with van der Waals surface area (Å²) in [6, 6.07) is 0. The summed E-state index contributed by atoms with van der Waals surface area (Å²) in [6.07, 6.45) is 7.22. The molecule has 4 rings (SSSR count). The van der Waals surface area contributed by atoms with Gasteiger partial charge in [0.15, 0.2) is 5.78 Å². The zero-order valence-electron chi connectivity index (χ0n) is 14.5. The maximum absolute atomic E-state index is 13.0. The third kappa shape index (κ3) is 2.01. The second kappa shape index (κ2) is 4.81. The van der Waals surface area contributed by atoms with Crippen LogP contribution in [0.1, 0.15) is 65.7 Å². The number of Topliss-reactive ketones (excluding diaryl/α,β-unsaturated/α-hetero) is 1. The second-order valence-corrected chi connectivity index (χ2v) is 8.67. The Hall–Kier alpha value is -1.38. The highest BCUT2D eigenvalue weighted by molar-refractivity contribution is 6.15. The van der Waals surface area contributed by atoms with Gasteiger partial charge in [0.1, 0.15) is 6.61 Å². The fourth-order valence-electron chi connectivity index (χ4n) is 5.99. The zero-order valence-corrected chi connectivity index (χ0v) is 14.5. The molecule has 3 nitrogen and oxygen atoms in total. The van der Waals surface area contributed by atoms with Crippen LogP contribution in [-0.2, 0) is 14.3 Å². The van der Waals surface area contributed by atoms with Crippen molar-refractivity contribution < 1.29 is 14.3 Å². The standard InChI is InChI=1S/C20H26O3/c1-19(2)9-4-10-20(3)15-7-5-12-14(11-23-18(12)22)17(21)13(15)6-8-16(19)20/h16H,4-11H2,1-3H3/t16-,20+/m0/s1. The van der Waals surface area contributed by atoms with Gasteiger partial charge in [0.05, 0.1) is 0 Å². The van der Waals surface area contributed by atoms with Crippen molar-refractivity contribution >= 4 is 11.8 Å². The van der Waals surface area contributed by atoms with Gasteiger partial charge in [-0.2, -0.15) is 0 Å². The first kappa shape index (κ1) is 15.2.